The van der Waals surface area contributed by atoms with Crippen LogP contribution >= 0.6 is 11.6 Å². The Labute approximate surface area is 123 Å². The van der Waals surface area contributed by atoms with Crippen LogP contribution in [-0.4, -0.2) is 26.9 Å². The van der Waals surface area contributed by atoms with Gasteiger partial charge in [0.15, 0.2) is 0 Å². The second-order valence-corrected chi connectivity index (χ2v) is 4.46. The van der Waals surface area contributed by atoms with Crippen LogP contribution in [0.5, 0.6) is 0 Å². The van der Waals surface area contributed by atoms with Crippen molar-refractivity contribution in [3.63, 3.8) is 0 Å². The Morgan fingerprint density at radius 3 is 2.81 bits per heavy atom. The minimum atomic E-state index is -1.06. The number of carboxylic acids is 1. The molecule has 9 heteroatoms. The Hall–Kier alpha value is -2.61. The normalized spacial score (nSPS) is 10.2. The van der Waals surface area contributed by atoms with Crippen molar-refractivity contribution in [2.75, 3.05) is 10.6 Å². The third-order valence-electron chi connectivity index (χ3n) is 2.37. The number of carboxylic acid groups (broad SMARTS) is 1. The van der Waals surface area contributed by atoms with E-state index in [1.54, 1.807) is 0 Å². The number of halogens is 2. The number of urea groups is 1. The Morgan fingerprint density at radius 2 is 2.14 bits per heavy atom. The van der Waals surface area contributed by atoms with Crippen LogP contribution in [-0.2, 0) is 11.3 Å². The number of hydrogen-bond donors (Lipinski definition) is 3. The van der Waals surface area contributed by atoms with E-state index < -0.39 is 17.8 Å². The van der Waals surface area contributed by atoms with Gasteiger partial charge >= 0.3 is 12.0 Å². The van der Waals surface area contributed by atoms with Gasteiger partial charge in [0, 0.05) is 11.2 Å². The van der Waals surface area contributed by atoms with Gasteiger partial charge in [-0.3, -0.25) is 9.48 Å². The summed E-state index contributed by atoms with van der Waals surface area (Å²) in [5, 5.41) is 17.3. The molecule has 1 aromatic heterocycles. The molecule has 0 saturated carbocycles. The van der Waals surface area contributed by atoms with Gasteiger partial charge in [0.05, 0.1) is 17.6 Å². The molecule has 1 heterocycles. The Morgan fingerprint density at radius 1 is 1.38 bits per heavy atom. The van der Waals surface area contributed by atoms with Crippen molar-refractivity contribution < 1.29 is 19.1 Å². The molecular formula is C12H10ClFN4O3. The fourth-order valence-electron chi connectivity index (χ4n) is 1.53. The van der Waals surface area contributed by atoms with Gasteiger partial charge in [0.1, 0.15) is 12.4 Å². The second-order valence-electron chi connectivity index (χ2n) is 4.02. The van der Waals surface area contributed by atoms with Gasteiger partial charge in [0.2, 0.25) is 0 Å². The lowest BCUT2D eigenvalue weighted by atomic mass is 10.3. The average molecular weight is 313 g/mol. The largest absolute Gasteiger partial charge is 0.480 e. The summed E-state index contributed by atoms with van der Waals surface area (Å²) in [6, 6.07) is 3.14. The molecule has 0 saturated heterocycles. The highest BCUT2D eigenvalue weighted by molar-refractivity contribution is 6.30. The number of nitrogens with zero attached hydrogens (tertiary/aromatic N) is 2. The fraction of sp³-hybridized carbons (Fsp3) is 0.0833. The Bertz CT molecular complexity index is 689. The maximum Gasteiger partial charge on any atom is 0.325 e. The van der Waals surface area contributed by atoms with Crippen LogP contribution < -0.4 is 10.6 Å². The number of hydrogen-bond acceptors (Lipinski definition) is 3. The van der Waals surface area contributed by atoms with Gasteiger partial charge in [-0.05, 0) is 18.2 Å². The van der Waals surface area contributed by atoms with E-state index in [9.17, 15) is 14.0 Å². The van der Waals surface area contributed by atoms with Gasteiger partial charge in [-0.1, -0.05) is 11.6 Å². The minimum absolute atomic E-state index is 0.0326. The average Bonchev–Trinajstić information content (AvgIpc) is 2.79. The first-order chi connectivity index (χ1) is 9.94. The number of benzene rings is 1. The highest BCUT2D eigenvalue weighted by Crippen LogP contribution is 2.19. The van der Waals surface area contributed by atoms with Crippen LogP contribution in [0.3, 0.4) is 0 Å². The van der Waals surface area contributed by atoms with E-state index in [4.69, 9.17) is 16.7 Å². The molecule has 0 bridgehead atoms. The van der Waals surface area contributed by atoms with Crippen molar-refractivity contribution >= 4 is 35.0 Å². The smallest absolute Gasteiger partial charge is 0.325 e. The zero-order chi connectivity index (χ0) is 15.4. The van der Waals surface area contributed by atoms with Crippen LogP contribution in [0, 0.1) is 5.82 Å². The van der Waals surface area contributed by atoms with E-state index in [1.807, 2.05) is 0 Å². The SMILES string of the molecule is O=C(O)Cn1cc(NC(=O)Nc2ccc(Cl)cc2F)cn1. The minimum Gasteiger partial charge on any atom is -0.480 e. The van der Waals surface area contributed by atoms with Crippen molar-refractivity contribution in [1.29, 1.82) is 0 Å². The topological polar surface area (TPSA) is 96.2 Å². The van der Waals surface area contributed by atoms with Crippen molar-refractivity contribution in [2.45, 2.75) is 6.54 Å². The van der Waals surface area contributed by atoms with E-state index in [0.717, 1.165) is 10.7 Å². The molecule has 2 amide bonds. The van der Waals surface area contributed by atoms with E-state index in [2.05, 4.69) is 15.7 Å². The molecule has 0 aliphatic rings. The molecule has 0 aliphatic heterocycles. The Kier molecular flexibility index (Phi) is 4.39. The molecule has 0 radical (unpaired) electrons. The standard InChI is InChI=1S/C12H10ClFN4O3/c13-7-1-2-10(9(14)3-7)17-12(21)16-8-4-15-18(5-8)6-11(19)20/h1-5H,6H2,(H,19,20)(H2,16,17,21). The predicted octanol–water partition coefficient (Wildman–Crippen LogP) is 2.40. The van der Waals surface area contributed by atoms with Gasteiger partial charge < -0.3 is 15.7 Å². The number of aliphatic carboxylic acids is 1. The first-order valence-corrected chi connectivity index (χ1v) is 6.09. The lowest BCUT2D eigenvalue weighted by molar-refractivity contribution is -0.137. The van der Waals surface area contributed by atoms with Crippen LogP contribution in [0.4, 0.5) is 20.6 Å². The van der Waals surface area contributed by atoms with Crippen LogP contribution in [0.2, 0.25) is 5.02 Å². The summed E-state index contributed by atoms with van der Waals surface area (Å²) < 4.78 is 14.6. The molecule has 1 aromatic carbocycles. The van der Waals surface area contributed by atoms with Crippen molar-refractivity contribution in [3.05, 3.63) is 41.4 Å². The summed E-state index contributed by atoms with van der Waals surface area (Å²) in [6.45, 7) is -0.324. The number of aromatic nitrogens is 2. The lowest BCUT2D eigenvalue weighted by Gasteiger charge is -2.07. The number of anilines is 2. The molecule has 2 rings (SSSR count). The molecule has 0 spiro atoms. The van der Waals surface area contributed by atoms with Crippen molar-refractivity contribution in [3.8, 4) is 0 Å². The number of amides is 2. The Balaban J connectivity index is 1.98. The van der Waals surface area contributed by atoms with E-state index in [-0.39, 0.29) is 22.9 Å². The maximum absolute atomic E-state index is 13.5. The van der Waals surface area contributed by atoms with E-state index in [1.165, 1.54) is 24.5 Å². The number of nitrogens with one attached hydrogen (secondary N) is 2. The molecule has 7 nitrogen and oxygen atoms in total. The monoisotopic (exact) mass is 312 g/mol. The summed E-state index contributed by atoms with van der Waals surface area (Å²) in [5.74, 6) is -1.73. The van der Waals surface area contributed by atoms with E-state index >= 15 is 0 Å². The second kappa shape index (κ2) is 6.23. The molecule has 21 heavy (non-hydrogen) atoms. The van der Waals surface area contributed by atoms with Crippen LogP contribution in [0.25, 0.3) is 0 Å². The third-order valence-corrected chi connectivity index (χ3v) is 2.60. The third kappa shape index (κ3) is 4.18. The first-order valence-electron chi connectivity index (χ1n) is 5.71. The molecular weight excluding hydrogens is 303 g/mol. The predicted molar refractivity (Wildman–Crippen MR) is 73.9 cm³/mol. The number of carbonyl (C=O) groups excluding carboxylic acids is 1. The van der Waals surface area contributed by atoms with Gasteiger partial charge in [-0.25, -0.2) is 9.18 Å². The molecule has 110 valence electrons. The summed E-state index contributed by atoms with van der Waals surface area (Å²) >= 11 is 5.60. The van der Waals surface area contributed by atoms with Gasteiger partial charge in [-0.2, -0.15) is 5.10 Å². The summed E-state index contributed by atoms with van der Waals surface area (Å²) in [5.41, 5.74) is 0.248. The van der Waals surface area contributed by atoms with Crippen LogP contribution in [0.1, 0.15) is 0 Å². The lowest BCUT2D eigenvalue weighted by Crippen LogP contribution is -2.19. The van der Waals surface area contributed by atoms with Crippen molar-refractivity contribution in [2.24, 2.45) is 0 Å². The number of rotatable bonds is 4. The first kappa shape index (κ1) is 14.8. The number of carbonyl (C=O) groups is 2. The summed E-state index contributed by atoms with van der Waals surface area (Å²) in [7, 11) is 0. The molecule has 3 N–H and O–H groups in total. The molecule has 0 aliphatic carbocycles. The quantitative estimate of drug-likeness (QED) is 0.807. The van der Waals surface area contributed by atoms with Gasteiger partial charge in [-0.15, -0.1) is 0 Å². The highest BCUT2D eigenvalue weighted by atomic mass is 35.5. The van der Waals surface area contributed by atoms with Gasteiger partial charge in [0.25, 0.3) is 0 Å². The zero-order valence-electron chi connectivity index (χ0n) is 10.5. The van der Waals surface area contributed by atoms with Crippen molar-refractivity contribution in [1.82, 2.24) is 9.78 Å². The summed E-state index contributed by atoms with van der Waals surface area (Å²) in [4.78, 5) is 22.2. The van der Waals surface area contributed by atoms with E-state index in [0.29, 0.717) is 0 Å². The molecule has 0 atom stereocenters. The highest BCUT2D eigenvalue weighted by Gasteiger charge is 2.09. The summed E-state index contributed by atoms with van der Waals surface area (Å²) in [6.07, 6.45) is 2.62. The van der Waals surface area contributed by atoms with Crippen LogP contribution in [0.15, 0.2) is 30.6 Å². The zero-order valence-corrected chi connectivity index (χ0v) is 11.3. The molecule has 0 unspecified atom stereocenters. The molecule has 2 aromatic rings. The fourth-order valence-corrected chi connectivity index (χ4v) is 1.69. The maximum atomic E-state index is 13.5. The molecule has 0 fully saturated rings.